The van der Waals surface area contributed by atoms with E-state index in [0.29, 0.717) is 17.5 Å². The standard InChI is InChI=1S/C27H28F3NO2S/c1-15(2)24-23(25(33)16-4-6-18(7-5-16)27(28,29)30)21(17-8-11-34-14-17)22-19(31-24)12-26(9-3-10-26)13-20(22)32/h4-8,11,14-15,20,25,32-33H,3,9-10,12-13H2,1-2H3/t20-,25-/m0/s1. The van der Waals surface area contributed by atoms with Crippen molar-refractivity contribution in [3.05, 3.63) is 74.7 Å². The second kappa shape index (κ2) is 8.47. The summed E-state index contributed by atoms with van der Waals surface area (Å²) in [6.07, 6.45) is -1.46. The van der Waals surface area contributed by atoms with Gasteiger partial charge < -0.3 is 10.2 Å². The van der Waals surface area contributed by atoms with Crippen LogP contribution in [0.1, 0.15) is 91.3 Å². The van der Waals surface area contributed by atoms with E-state index < -0.39 is 23.9 Å². The molecule has 1 spiro atoms. The number of thiophene rings is 1. The lowest BCUT2D eigenvalue weighted by atomic mass is 9.59. The molecule has 1 saturated carbocycles. The Morgan fingerprint density at radius 2 is 1.82 bits per heavy atom. The van der Waals surface area contributed by atoms with Crippen LogP contribution in [0, 0.1) is 5.41 Å². The van der Waals surface area contributed by atoms with Crippen LogP contribution >= 0.6 is 11.3 Å². The molecule has 2 atom stereocenters. The molecule has 7 heteroatoms. The summed E-state index contributed by atoms with van der Waals surface area (Å²) in [5.41, 5.74) is 4.37. The zero-order valence-electron chi connectivity index (χ0n) is 19.2. The second-order valence-corrected chi connectivity index (χ2v) is 10.9. The number of rotatable bonds is 4. The van der Waals surface area contributed by atoms with Gasteiger partial charge in [-0.3, -0.25) is 4.98 Å². The molecule has 0 unspecified atom stereocenters. The summed E-state index contributed by atoms with van der Waals surface area (Å²) in [5.74, 6) is -0.0156. The Kier molecular flexibility index (Phi) is 5.86. The monoisotopic (exact) mass is 487 g/mol. The zero-order chi connectivity index (χ0) is 24.3. The molecule has 0 aliphatic heterocycles. The van der Waals surface area contributed by atoms with Gasteiger partial charge in [0, 0.05) is 22.5 Å². The molecule has 5 rings (SSSR count). The number of hydrogen-bond acceptors (Lipinski definition) is 4. The Balaban J connectivity index is 1.71. The van der Waals surface area contributed by atoms with Crippen LogP contribution < -0.4 is 0 Å². The van der Waals surface area contributed by atoms with Gasteiger partial charge in [-0.25, -0.2) is 0 Å². The third-order valence-electron chi connectivity index (χ3n) is 7.48. The number of halogens is 3. The van der Waals surface area contributed by atoms with E-state index in [-0.39, 0.29) is 11.3 Å². The van der Waals surface area contributed by atoms with Gasteiger partial charge in [-0.05, 0) is 82.7 Å². The molecule has 0 radical (unpaired) electrons. The molecule has 0 bridgehead atoms. The molecule has 34 heavy (non-hydrogen) atoms. The third-order valence-corrected chi connectivity index (χ3v) is 8.16. The quantitative estimate of drug-likeness (QED) is 0.410. The molecule has 1 fully saturated rings. The molecular formula is C27H28F3NO2S. The predicted octanol–water partition coefficient (Wildman–Crippen LogP) is 7.18. The Morgan fingerprint density at radius 1 is 1.12 bits per heavy atom. The van der Waals surface area contributed by atoms with Crippen molar-refractivity contribution < 1.29 is 23.4 Å². The molecule has 180 valence electrons. The largest absolute Gasteiger partial charge is 0.416 e. The zero-order valence-corrected chi connectivity index (χ0v) is 20.0. The summed E-state index contributed by atoms with van der Waals surface area (Å²) in [6, 6.07) is 6.62. The van der Waals surface area contributed by atoms with Gasteiger partial charge in [0.25, 0.3) is 0 Å². The number of aromatic nitrogens is 1. The molecule has 2 aliphatic rings. The van der Waals surface area contributed by atoms with Crippen molar-refractivity contribution in [2.75, 3.05) is 0 Å². The van der Waals surface area contributed by atoms with E-state index in [1.807, 2.05) is 30.7 Å². The van der Waals surface area contributed by atoms with Crippen LogP contribution in [0.25, 0.3) is 11.1 Å². The number of benzene rings is 1. The van der Waals surface area contributed by atoms with Crippen LogP contribution in [0.15, 0.2) is 41.1 Å². The van der Waals surface area contributed by atoms with Gasteiger partial charge in [-0.1, -0.05) is 32.4 Å². The highest BCUT2D eigenvalue weighted by Gasteiger charge is 2.45. The van der Waals surface area contributed by atoms with Gasteiger partial charge in [-0.15, -0.1) is 0 Å². The van der Waals surface area contributed by atoms with Crippen molar-refractivity contribution >= 4 is 11.3 Å². The lowest BCUT2D eigenvalue weighted by Crippen LogP contribution is -2.38. The molecule has 1 aromatic carbocycles. The molecule has 3 aromatic rings. The molecule has 3 nitrogen and oxygen atoms in total. The number of alkyl halides is 3. The Hall–Kier alpha value is -2.22. The first kappa shape index (κ1) is 23.5. The summed E-state index contributed by atoms with van der Waals surface area (Å²) in [5, 5.41) is 26.8. The maximum absolute atomic E-state index is 13.1. The summed E-state index contributed by atoms with van der Waals surface area (Å²) < 4.78 is 39.3. The average molecular weight is 488 g/mol. The summed E-state index contributed by atoms with van der Waals surface area (Å²) >= 11 is 1.53. The van der Waals surface area contributed by atoms with Gasteiger partial charge in [0.05, 0.1) is 11.7 Å². The van der Waals surface area contributed by atoms with Gasteiger partial charge in [0.15, 0.2) is 0 Å². The van der Waals surface area contributed by atoms with Crippen molar-refractivity contribution in [1.29, 1.82) is 0 Å². The van der Waals surface area contributed by atoms with Gasteiger partial charge >= 0.3 is 6.18 Å². The van der Waals surface area contributed by atoms with Crippen LogP contribution in [-0.4, -0.2) is 15.2 Å². The van der Waals surface area contributed by atoms with Crippen LogP contribution in [0.5, 0.6) is 0 Å². The lowest BCUT2D eigenvalue weighted by molar-refractivity contribution is -0.137. The first-order valence-corrected chi connectivity index (χ1v) is 12.7. The van der Waals surface area contributed by atoms with E-state index in [1.54, 1.807) is 0 Å². The number of fused-ring (bicyclic) bond motifs is 1. The van der Waals surface area contributed by atoms with Gasteiger partial charge in [-0.2, -0.15) is 24.5 Å². The topological polar surface area (TPSA) is 53.4 Å². The van der Waals surface area contributed by atoms with Crippen LogP contribution in [0.3, 0.4) is 0 Å². The Labute approximate surface area is 201 Å². The normalized spacial score (nSPS) is 20.3. The maximum atomic E-state index is 13.1. The first-order valence-electron chi connectivity index (χ1n) is 11.7. The molecule has 0 saturated heterocycles. The van der Waals surface area contributed by atoms with Crippen molar-refractivity contribution in [3.8, 4) is 11.1 Å². The highest BCUT2D eigenvalue weighted by atomic mass is 32.1. The van der Waals surface area contributed by atoms with E-state index in [1.165, 1.54) is 29.9 Å². The van der Waals surface area contributed by atoms with Crippen molar-refractivity contribution in [2.45, 2.75) is 70.3 Å². The fraction of sp³-hybridized carbons (Fsp3) is 0.444. The highest BCUT2D eigenvalue weighted by Crippen LogP contribution is 2.55. The number of aliphatic hydroxyl groups is 2. The fourth-order valence-corrected chi connectivity index (χ4v) is 6.28. The van der Waals surface area contributed by atoms with E-state index in [0.717, 1.165) is 59.5 Å². The van der Waals surface area contributed by atoms with Crippen molar-refractivity contribution in [2.24, 2.45) is 5.41 Å². The molecule has 2 aromatic heterocycles. The minimum absolute atomic E-state index is 0.0156. The summed E-state index contributed by atoms with van der Waals surface area (Å²) in [6.45, 7) is 4.01. The molecule has 2 heterocycles. The summed E-state index contributed by atoms with van der Waals surface area (Å²) in [4.78, 5) is 5.02. The lowest BCUT2D eigenvalue weighted by Gasteiger charge is -2.47. The SMILES string of the molecule is CC(C)c1nc2c(c(-c3ccsc3)c1[C@@H](O)c1ccc(C(F)(F)F)cc1)[C@@H](O)CC1(CCC1)C2. The smallest absolute Gasteiger partial charge is 0.388 e. The molecular weight excluding hydrogens is 459 g/mol. The molecule has 2 N–H and O–H groups in total. The van der Waals surface area contributed by atoms with E-state index >= 15 is 0 Å². The first-order chi connectivity index (χ1) is 16.1. The van der Waals surface area contributed by atoms with E-state index in [9.17, 15) is 23.4 Å². The van der Waals surface area contributed by atoms with E-state index in [4.69, 9.17) is 4.98 Å². The van der Waals surface area contributed by atoms with Crippen LogP contribution in [0.4, 0.5) is 13.2 Å². The Bertz CT molecular complexity index is 1180. The van der Waals surface area contributed by atoms with Crippen molar-refractivity contribution in [3.63, 3.8) is 0 Å². The fourth-order valence-electron chi connectivity index (χ4n) is 5.63. The van der Waals surface area contributed by atoms with Gasteiger partial charge in [0.2, 0.25) is 0 Å². The number of nitrogens with zero attached hydrogens (tertiary/aromatic N) is 1. The number of pyridine rings is 1. The molecule has 2 aliphatic carbocycles. The second-order valence-electron chi connectivity index (χ2n) is 10.1. The van der Waals surface area contributed by atoms with E-state index in [2.05, 4.69) is 0 Å². The maximum Gasteiger partial charge on any atom is 0.416 e. The minimum atomic E-state index is -4.44. The summed E-state index contributed by atoms with van der Waals surface area (Å²) in [7, 11) is 0. The van der Waals surface area contributed by atoms with Crippen LogP contribution in [-0.2, 0) is 12.6 Å². The molecule has 0 amide bonds. The number of aliphatic hydroxyl groups excluding tert-OH is 2. The Morgan fingerprint density at radius 3 is 2.35 bits per heavy atom. The van der Waals surface area contributed by atoms with Crippen LogP contribution in [0.2, 0.25) is 0 Å². The minimum Gasteiger partial charge on any atom is -0.388 e. The third kappa shape index (κ3) is 3.97. The average Bonchev–Trinajstić information content (AvgIpc) is 3.30. The van der Waals surface area contributed by atoms with Gasteiger partial charge in [0.1, 0.15) is 6.10 Å². The predicted molar refractivity (Wildman–Crippen MR) is 127 cm³/mol. The number of hydrogen-bond donors (Lipinski definition) is 2. The highest BCUT2D eigenvalue weighted by molar-refractivity contribution is 7.08. The van der Waals surface area contributed by atoms with Crippen molar-refractivity contribution in [1.82, 2.24) is 4.98 Å².